The van der Waals surface area contributed by atoms with E-state index in [1.165, 1.54) is 0 Å². The maximum absolute atomic E-state index is 11.1. The summed E-state index contributed by atoms with van der Waals surface area (Å²) in [5.41, 5.74) is 0. The van der Waals surface area contributed by atoms with Gasteiger partial charge in [-0.3, -0.25) is 0 Å². The zero-order valence-electron chi connectivity index (χ0n) is 9.82. The van der Waals surface area contributed by atoms with E-state index in [-0.39, 0.29) is 0 Å². The van der Waals surface area contributed by atoms with E-state index < -0.39 is 12.3 Å². The number of hydrogen-bond acceptors (Lipinski definition) is 3. The van der Waals surface area contributed by atoms with Gasteiger partial charge in [0.1, 0.15) is 11.5 Å². The van der Waals surface area contributed by atoms with Crippen LogP contribution < -0.4 is 9.47 Å². The Morgan fingerprint density at radius 3 is 2.00 bits per heavy atom. The molecule has 0 spiro atoms. The molecule has 5 heteroatoms. The molecule has 98 valence electrons. The van der Waals surface area contributed by atoms with Gasteiger partial charge >= 0.3 is 12.3 Å². The van der Waals surface area contributed by atoms with Crippen molar-refractivity contribution in [2.24, 2.45) is 0 Å². The molecular formula is C14H11ClO4. The van der Waals surface area contributed by atoms with Gasteiger partial charge in [-0.15, -0.1) is 0 Å². The molecule has 19 heavy (non-hydrogen) atoms. The minimum atomic E-state index is -1.41. The molecule has 0 aliphatic heterocycles. The Kier molecular flexibility index (Phi) is 4.26. The van der Waals surface area contributed by atoms with Crippen molar-refractivity contribution in [3.8, 4) is 11.5 Å². The molecule has 0 fully saturated rings. The van der Waals surface area contributed by atoms with Crippen molar-refractivity contribution in [1.29, 1.82) is 0 Å². The lowest BCUT2D eigenvalue weighted by molar-refractivity contribution is -0.158. The molecule has 4 nitrogen and oxygen atoms in total. The third-order valence-corrected chi connectivity index (χ3v) is 2.50. The molecule has 1 atom stereocenters. The molecule has 1 N–H and O–H groups in total. The van der Waals surface area contributed by atoms with Crippen LogP contribution in [0.1, 0.15) is 0 Å². The second-order valence-corrected chi connectivity index (χ2v) is 4.11. The van der Waals surface area contributed by atoms with Crippen molar-refractivity contribution < 1.29 is 19.4 Å². The van der Waals surface area contributed by atoms with Gasteiger partial charge in [-0.05, 0) is 36.4 Å². The lowest BCUT2D eigenvalue weighted by Gasteiger charge is -2.16. The van der Waals surface area contributed by atoms with E-state index in [0.717, 1.165) is 0 Å². The van der Waals surface area contributed by atoms with Gasteiger partial charge in [0.2, 0.25) is 0 Å². The number of carboxylic acid groups (broad SMARTS) is 1. The lowest BCUT2D eigenvalue weighted by atomic mass is 10.3. The normalized spacial score (nSPS) is 11.6. The molecule has 0 amide bonds. The standard InChI is InChI=1S/C14H11ClO4/c15-10-6-8-12(9-7-10)19-14(13(16)17)18-11-4-2-1-3-5-11/h1-9,14H,(H,16,17). The van der Waals surface area contributed by atoms with Gasteiger partial charge in [-0.2, -0.15) is 0 Å². The molecule has 2 aromatic carbocycles. The van der Waals surface area contributed by atoms with E-state index in [0.29, 0.717) is 16.5 Å². The van der Waals surface area contributed by atoms with Crippen LogP contribution in [0.2, 0.25) is 5.02 Å². The quantitative estimate of drug-likeness (QED) is 0.853. The number of carbonyl (C=O) groups is 1. The number of carboxylic acids is 1. The predicted molar refractivity (Wildman–Crippen MR) is 70.6 cm³/mol. The molecule has 2 aromatic rings. The first-order valence-corrected chi connectivity index (χ1v) is 5.90. The van der Waals surface area contributed by atoms with Gasteiger partial charge in [-0.25, -0.2) is 4.79 Å². The molecule has 0 radical (unpaired) electrons. The SMILES string of the molecule is O=C(O)C(Oc1ccccc1)Oc1ccc(Cl)cc1. The Morgan fingerprint density at radius 1 is 0.947 bits per heavy atom. The van der Waals surface area contributed by atoms with Crippen molar-refractivity contribution in [1.82, 2.24) is 0 Å². The summed E-state index contributed by atoms with van der Waals surface area (Å²) in [7, 11) is 0. The third-order valence-electron chi connectivity index (χ3n) is 2.24. The molecule has 0 saturated carbocycles. The zero-order chi connectivity index (χ0) is 13.7. The first-order valence-electron chi connectivity index (χ1n) is 5.52. The largest absolute Gasteiger partial charge is 0.476 e. The highest BCUT2D eigenvalue weighted by atomic mass is 35.5. The van der Waals surface area contributed by atoms with Crippen molar-refractivity contribution in [2.75, 3.05) is 0 Å². The molecule has 1 unspecified atom stereocenters. The van der Waals surface area contributed by atoms with Crippen molar-refractivity contribution in [3.63, 3.8) is 0 Å². The minimum Gasteiger partial charge on any atom is -0.476 e. The van der Waals surface area contributed by atoms with Gasteiger partial charge in [0.05, 0.1) is 0 Å². The van der Waals surface area contributed by atoms with E-state index in [2.05, 4.69) is 0 Å². The first kappa shape index (κ1) is 13.2. The number of hydrogen-bond donors (Lipinski definition) is 1. The lowest BCUT2D eigenvalue weighted by Crippen LogP contribution is -2.33. The second kappa shape index (κ2) is 6.11. The Bertz CT molecular complexity index is 539. The average molecular weight is 279 g/mol. The fraction of sp³-hybridized carbons (Fsp3) is 0.0714. The van der Waals surface area contributed by atoms with Crippen LogP contribution in [0.15, 0.2) is 54.6 Å². The van der Waals surface area contributed by atoms with Crippen LogP contribution >= 0.6 is 11.6 Å². The summed E-state index contributed by atoms with van der Waals surface area (Å²) in [4.78, 5) is 11.1. The van der Waals surface area contributed by atoms with Crippen LogP contribution in [0.25, 0.3) is 0 Å². The van der Waals surface area contributed by atoms with E-state index in [4.69, 9.17) is 26.2 Å². The van der Waals surface area contributed by atoms with Crippen molar-refractivity contribution in [3.05, 3.63) is 59.6 Å². The number of halogens is 1. The summed E-state index contributed by atoms with van der Waals surface area (Å²) >= 11 is 5.74. The summed E-state index contributed by atoms with van der Waals surface area (Å²) in [5.74, 6) is -0.421. The van der Waals surface area contributed by atoms with Gasteiger partial charge in [0, 0.05) is 5.02 Å². The fourth-order valence-corrected chi connectivity index (χ4v) is 1.51. The zero-order valence-corrected chi connectivity index (χ0v) is 10.6. The Hall–Kier alpha value is -2.20. The highest BCUT2D eigenvalue weighted by Gasteiger charge is 2.21. The Labute approximate surface area is 115 Å². The van der Waals surface area contributed by atoms with Crippen LogP contribution in [-0.4, -0.2) is 17.4 Å². The third kappa shape index (κ3) is 3.89. The van der Waals surface area contributed by atoms with E-state index >= 15 is 0 Å². The minimum absolute atomic E-state index is 0.368. The van der Waals surface area contributed by atoms with Crippen LogP contribution in [-0.2, 0) is 4.79 Å². The number of benzene rings is 2. The number of aliphatic carboxylic acids is 1. The summed E-state index contributed by atoms with van der Waals surface area (Å²) < 4.78 is 10.5. The Balaban J connectivity index is 2.08. The number of para-hydroxylation sites is 1. The van der Waals surface area contributed by atoms with E-state index in [9.17, 15) is 4.79 Å². The Morgan fingerprint density at radius 2 is 1.47 bits per heavy atom. The van der Waals surface area contributed by atoms with Crippen molar-refractivity contribution >= 4 is 17.6 Å². The number of ether oxygens (including phenoxy) is 2. The molecule has 0 aromatic heterocycles. The highest BCUT2D eigenvalue weighted by Crippen LogP contribution is 2.18. The first-order chi connectivity index (χ1) is 9.15. The summed E-state index contributed by atoms with van der Waals surface area (Å²) in [5, 5.41) is 9.62. The summed E-state index contributed by atoms with van der Waals surface area (Å²) in [6, 6.07) is 15.0. The molecule has 0 saturated heterocycles. The summed E-state index contributed by atoms with van der Waals surface area (Å²) in [6.45, 7) is 0. The van der Waals surface area contributed by atoms with Gasteiger partial charge in [0.15, 0.2) is 0 Å². The average Bonchev–Trinajstić information content (AvgIpc) is 2.41. The fourth-order valence-electron chi connectivity index (χ4n) is 1.38. The highest BCUT2D eigenvalue weighted by molar-refractivity contribution is 6.30. The van der Waals surface area contributed by atoms with Gasteiger partial charge in [0.25, 0.3) is 0 Å². The van der Waals surface area contributed by atoms with Crippen LogP contribution in [0.3, 0.4) is 0 Å². The second-order valence-electron chi connectivity index (χ2n) is 3.67. The van der Waals surface area contributed by atoms with E-state index in [1.807, 2.05) is 6.07 Å². The molecule has 0 bridgehead atoms. The number of rotatable bonds is 5. The maximum atomic E-state index is 11.1. The molecule has 0 heterocycles. The van der Waals surface area contributed by atoms with Crippen molar-refractivity contribution in [2.45, 2.75) is 6.29 Å². The summed E-state index contributed by atoms with van der Waals surface area (Å²) in [6.07, 6.45) is -1.41. The topological polar surface area (TPSA) is 55.8 Å². The van der Waals surface area contributed by atoms with Crippen LogP contribution in [0.4, 0.5) is 0 Å². The van der Waals surface area contributed by atoms with Crippen LogP contribution in [0, 0.1) is 0 Å². The van der Waals surface area contributed by atoms with E-state index in [1.54, 1.807) is 48.5 Å². The monoisotopic (exact) mass is 278 g/mol. The predicted octanol–water partition coefficient (Wildman–Crippen LogP) is 3.21. The molecule has 0 aliphatic rings. The van der Waals surface area contributed by atoms with Gasteiger partial charge < -0.3 is 14.6 Å². The van der Waals surface area contributed by atoms with Gasteiger partial charge in [-0.1, -0.05) is 29.8 Å². The maximum Gasteiger partial charge on any atom is 0.387 e. The molecular weight excluding hydrogens is 268 g/mol. The molecule has 2 rings (SSSR count). The smallest absolute Gasteiger partial charge is 0.387 e. The van der Waals surface area contributed by atoms with Crippen LogP contribution in [0.5, 0.6) is 11.5 Å². The molecule has 0 aliphatic carbocycles.